The molecule has 2 fully saturated rings. The van der Waals surface area contributed by atoms with Crippen molar-refractivity contribution in [3.8, 4) is 5.69 Å². The Labute approximate surface area is 245 Å². The minimum Gasteiger partial charge on any atom is -0.376 e. The van der Waals surface area contributed by atoms with Gasteiger partial charge in [-0.25, -0.2) is 9.67 Å². The fourth-order valence-electron chi connectivity index (χ4n) is 5.20. The smallest absolute Gasteiger partial charge is 0.296 e. The average Bonchev–Trinajstić information content (AvgIpc) is 3.64. The first-order valence-corrected chi connectivity index (χ1v) is 14.5. The van der Waals surface area contributed by atoms with Crippen molar-refractivity contribution in [2.75, 3.05) is 23.4 Å². The zero-order valence-corrected chi connectivity index (χ0v) is 24.4. The van der Waals surface area contributed by atoms with E-state index in [9.17, 15) is 14.4 Å². The lowest BCUT2D eigenvalue weighted by Gasteiger charge is -2.15. The molecule has 1 N–H and O–H groups in total. The quantitative estimate of drug-likeness (QED) is 0.268. The van der Waals surface area contributed by atoms with Gasteiger partial charge < -0.3 is 10.1 Å². The molecule has 0 aliphatic carbocycles. The van der Waals surface area contributed by atoms with Crippen LogP contribution in [-0.4, -0.2) is 48.2 Å². The number of thioether (sulfide) groups is 1. The van der Waals surface area contributed by atoms with E-state index in [2.05, 4.69) is 5.32 Å². The fourth-order valence-corrected chi connectivity index (χ4v) is 6.45. The molecule has 12 heteroatoms. The highest BCUT2D eigenvalue weighted by Crippen LogP contribution is 2.36. The van der Waals surface area contributed by atoms with E-state index in [1.165, 1.54) is 20.1 Å². The molecule has 5 heterocycles. The first-order valence-electron chi connectivity index (χ1n) is 13.3. The minimum absolute atomic E-state index is 0.0195. The monoisotopic (exact) mass is 588 g/mol. The number of para-hydroxylation sites is 1. The highest BCUT2D eigenvalue weighted by Gasteiger charge is 2.38. The summed E-state index contributed by atoms with van der Waals surface area (Å²) in [6, 6.07) is 12.9. The van der Waals surface area contributed by atoms with Gasteiger partial charge in [0.05, 0.1) is 28.0 Å². The largest absolute Gasteiger partial charge is 0.376 e. The van der Waals surface area contributed by atoms with Gasteiger partial charge >= 0.3 is 0 Å². The first-order chi connectivity index (χ1) is 19.8. The predicted molar refractivity (Wildman–Crippen MR) is 165 cm³/mol. The molecule has 10 nitrogen and oxygen atoms in total. The van der Waals surface area contributed by atoms with Crippen LogP contribution >= 0.6 is 24.0 Å². The van der Waals surface area contributed by atoms with E-state index < -0.39 is 5.91 Å². The van der Waals surface area contributed by atoms with Crippen LogP contribution < -0.4 is 21.3 Å². The molecular weight excluding hydrogens is 560 g/mol. The molecule has 0 saturated carbocycles. The first kappa shape index (κ1) is 27.2. The van der Waals surface area contributed by atoms with Crippen LogP contribution in [-0.2, 0) is 16.6 Å². The van der Waals surface area contributed by atoms with Crippen LogP contribution in [0.1, 0.15) is 29.7 Å². The molecule has 4 aromatic rings. The van der Waals surface area contributed by atoms with Gasteiger partial charge in [0.1, 0.15) is 17.2 Å². The molecule has 210 valence electrons. The summed E-state index contributed by atoms with van der Waals surface area (Å²) in [6.07, 6.45) is 5.10. The molecule has 2 aliphatic heterocycles. The Morgan fingerprint density at radius 3 is 2.63 bits per heavy atom. The van der Waals surface area contributed by atoms with Crippen LogP contribution in [0.25, 0.3) is 17.4 Å². The maximum absolute atomic E-state index is 13.8. The third-order valence-electron chi connectivity index (χ3n) is 7.42. The highest BCUT2D eigenvalue weighted by molar-refractivity contribution is 8.27. The van der Waals surface area contributed by atoms with Gasteiger partial charge in [-0.05, 0) is 56.5 Å². The summed E-state index contributed by atoms with van der Waals surface area (Å²) in [6.45, 7) is 4.85. The molecule has 3 aromatic heterocycles. The van der Waals surface area contributed by atoms with Crippen LogP contribution in [0.3, 0.4) is 0 Å². The summed E-state index contributed by atoms with van der Waals surface area (Å²) in [5.74, 6) is -0.0998. The van der Waals surface area contributed by atoms with Gasteiger partial charge in [0, 0.05) is 26.4 Å². The lowest BCUT2D eigenvalue weighted by molar-refractivity contribution is -0.113. The number of nitrogens with one attached hydrogen (secondary N) is 1. The number of benzene rings is 1. The van der Waals surface area contributed by atoms with Gasteiger partial charge in [0.25, 0.3) is 17.0 Å². The number of carbonyl (C=O) groups is 1. The van der Waals surface area contributed by atoms with Crippen molar-refractivity contribution in [2.24, 2.45) is 7.05 Å². The molecule has 1 unspecified atom stereocenters. The number of fused-ring (bicyclic) bond motifs is 1. The number of rotatable bonds is 6. The highest BCUT2D eigenvalue weighted by atomic mass is 32.2. The Kier molecular flexibility index (Phi) is 7.14. The molecule has 1 amide bonds. The van der Waals surface area contributed by atoms with Crippen molar-refractivity contribution in [1.29, 1.82) is 0 Å². The summed E-state index contributed by atoms with van der Waals surface area (Å²) in [4.78, 5) is 47.4. The van der Waals surface area contributed by atoms with E-state index in [-0.39, 0.29) is 37.7 Å². The molecule has 0 radical (unpaired) electrons. The molecule has 2 saturated heterocycles. The number of aromatic nitrogens is 4. The predicted octanol–water partition coefficient (Wildman–Crippen LogP) is 3.80. The number of thiocarbonyl (C=S) groups is 1. The average molecular weight is 589 g/mol. The number of pyridine rings is 1. The van der Waals surface area contributed by atoms with E-state index in [1.54, 1.807) is 30.9 Å². The molecular formula is C29H28N6O4S2. The molecule has 0 spiro atoms. The number of aryl methyl sites for hydroxylation is 1. The maximum atomic E-state index is 13.8. The van der Waals surface area contributed by atoms with Gasteiger partial charge in [-0.15, -0.1) is 0 Å². The van der Waals surface area contributed by atoms with Crippen LogP contribution in [0.5, 0.6) is 0 Å². The summed E-state index contributed by atoms with van der Waals surface area (Å²) < 4.78 is 10.6. The maximum Gasteiger partial charge on any atom is 0.296 e. The van der Waals surface area contributed by atoms with E-state index in [4.69, 9.17) is 21.9 Å². The zero-order valence-electron chi connectivity index (χ0n) is 22.8. The van der Waals surface area contributed by atoms with Gasteiger partial charge in [0.15, 0.2) is 4.32 Å². The molecule has 41 heavy (non-hydrogen) atoms. The lowest BCUT2D eigenvalue weighted by Crippen LogP contribution is -2.33. The Balaban J connectivity index is 1.43. The third kappa shape index (κ3) is 4.71. The van der Waals surface area contributed by atoms with Gasteiger partial charge in [0.2, 0.25) is 0 Å². The number of hydrogen-bond acceptors (Lipinski definition) is 8. The van der Waals surface area contributed by atoms with Crippen LogP contribution in [0.15, 0.2) is 63.2 Å². The molecule has 2 aliphatic rings. The SMILES string of the molecule is Cc1cccn2c(=O)c(/C=C3/SC(=S)N(c4c(C)n(C)n(-c5ccccc5)c4=O)C3=O)c(NCC3CCCO3)nc12. The Hall–Kier alpha value is -4.00. The normalized spacial score (nSPS) is 18.3. The molecule has 1 atom stereocenters. The lowest BCUT2D eigenvalue weighted by atomic mass is 10.2. The number of anilines is 2. The van der Waals surface area contributed by atoms with E-state index in [0.29, 0.717) is 36.0 Å². The van der Waals surface area contributed by atoms with Crippen molar-refractivity contribution in [3.05, 3.63) is 91.1 Å². The number of amides is 1. The summed E-state index contributed by atoms with van der Waals surface area (Å²) >= 11 is 6.66. The summed E-state index contributed by atoms with van der Waals surface area (Å²) in [5.41, 5.74) is 2.36. The molecule has 6 rings (SSSR count). The number of carbonyl (C=O) groups excluding carboxylic acids is 1. The second-order valence-corrected chi connectivity index (χ2v) is 11.7. The Morgan fingerprint density at radius 1 is 1.12 bits per heavy atom. The Morgan fingerprint density at radius 2 is 1.90 bits per heavy atom. The van der Waals surface area contributed by atoms with Crippen LogP contribution in [0.2, 0.25) is 0 Å². The van der Waals surface area contributed by atoms with Crippen LogP contribution in [0.4, 0.5) is 11.5 Å². The van der Waals surface area contributed by atoms with Crippen molar-refractivity contribution < 1.29 is 9.53 Å². The van der Waals surface area contributed by atoms with Crippen molar-refractivity contribution in [2.45, 2.75) is 32.8 Å². The van der Waals surface area contributed by atoms with Gasteiger partial charge in [-0.3, -0.25) is 28.4 Å². The third-order valence-corrected chi connectivity index (χ3v) is 8.72. The molecule has 0 bridgehead atoms. The summed E-state index contributed by atoms with van der Waals surface area (Å²) in [5, 5.41) is 3.29. The van der Waals surface area contributed by atoms with Gasteiger partial charge in [-0.1, -0.05) is 48.2 Å². The fraction of sp³-hybridized carbons (Fsp3) is 0.276. The van der Waals surface area contributed by atoms with Crippen molar-refractivity contribution >= 4 is 57.4 Å². The van der Waals surface area contributed by atoms with E-state index in [1.807, 2.05) is 43.3 Å². The summed E-state index contributed by atoms with van der Waals surface area (Å²) in [7, 11) is 1.76. The molecule has 1 aromatic carbocycles. The second-order valence-electron chi connectivity index (χ2n) is 10.0. The topological polar surface area (TPSA) is 103 Å². The van der Waals surface area contributed by atoms with E-state index in [0.717, 1.165) is 30.2 Å². The minimum atomic E-state index is -0.468. The zero-order chi connectivity index (χ0) is 28.8. The number of nitrogens with zero attached hydrogens (tertiary/aromatic N) is 5. The van der Waals surface area contributed by atoms with Gasteiger partial charge in [-0.2, -0.15) is 0 Å². The van der Waals surface area contributed by atoms with Crippen LogP contribution in [0, 0.1) is 13.8 Å². The Bertz CT molecular complexity index is 1850. The number of hydrogen-bond donors (Lipinski definition) is 1. The van der Waals surface area contributed by atoms with E-state index >= 15 is 0 Å². The second kappa shape index (κ2) is 10.8. The van der Waals surface area contributed by atoms with Crippen molar-refractivity contribution in [3.63, 3.8) is 0 Å². The standard InChI is InChI=1S/C29H28N6O4S2/c1-17-9-7-13-33-25(17)31-24(30-16-20-12-8-14-39-20)21(26(33)36)15-22-27(37)34(29(40)41-22)23-18(2)32(3)35(28(23)38)19-10-5-4-6-11-19/h4-7,9-11,13,15,20,30H,8,12,14,16H2,1-3H3/b22-15+. The van der Waals surface area contributed by atoms with Crippen molar-refractivity contribution in [1.82, 2.24) is 18.7 Å². The number of ether oxygens (including phenoxy) is 1.